The van der Waals surface area contributed by atoms with Gasteiger partial charge in [-0.3, -0.25) is 4.31 Å². The number of aromatic nitrogens is 1. The molecule has 1 aliphatic carbocycles. The molecular weight excluding hydrogens is 390 g/mol. The molecular formula is C17H19N3O5S2. The predicted octanol–water partition coefficient (Wildman–Crippen LogP) is 1.50. The van der Waals surface area contributed by atoms with Gasteiger partial charge in [0.05, 0.1) is 16.3 Å². The maximum atomic E-state index is 13.2. The molecule has 1 N–H and O–H groups in total. The van der Waals surface area contributed by atoms with E-state index in [9.17, 15) is 16.8 Å². The second-order valence-electron chi connectivity index (χ2n) is 6.66. The molecule has 1 aromatic carbocycles. The van der Waals surface area contributed by atoms with Gasteiger partial charge in [0.15, 0.2) is 0 Å². The number of hydrogen-bond acceptors (Lipinski definition) is 6. The summed E-state index contributed by atoms with van der Waals surface area (Å²) in [6.45, 7) is 1.86. The highest BCUT2D eigenvalue weighted by Crippen LogP contribution is 2.35. The third-order valence-corrected chi connectivity index (χ3v) is 7.65. The van der Waals surface area contributed by atoms with Gasteiger partial charge in [-0.2, -0.15) is 0 Å². The Morgan fingerprint density at radius 1 is 1.11 bits per heavy atom. The fraction of sp³-hybridized carbons (Fsp3) is 0.353. The van der Waals surface area contributed by atoms with Crippen molar-refractivity contribution >= 4 is 25.7 Å². The Labute approximate surface area is 158 Å². The molecule has 0 bridgehead atoms. The lowest BCUT2D eigenvalue weighted by atomic mass is 10.3. The van der Waals surface area contributed by atoms with E-state index >= 15 is 0 Å². The molecule has 0 unspecified atom stereocenters. The lowest BCUT2D eigenvalue weighted by Gasteiger charge is -2.33. The van der Waals surface area contributed by atoms with Gasteiger partial charge < -0.3 is 4.74 Å². The van der Waals surface area contributed by atoms with Crippen molar-refractivity contribution < 1.29 is 21.6 Å². The number of nitrogens with zero attached hydrogens (tertiary/aromatic N) is 2. The van der Waals surface area contributed by atoms with Gasteiger partial charge in [-0.15, -0.1) is 0 Å². The van der Waals surface area contributed by atoms with Gasteiger partial charge in [-0.1, -0.05) is 6.07 Å². The van der Waals surface area contributed by atoms with Crippen LogP contribution >= 0.6 is 0 Å². The van der Waals surface area contributed by atoms with Crippen molar-refractivity contribution in [2.75, 3.05) is 10.8 Å². The van der Waals surface area contributed by atoms with Crippen LogP contribution in [0, 0.1) is 0 Å². The summed E-state index contributed by atoms with van der Waals surface area (Å²) in [5.41, 5.74) is 0.333. The topological polar surface area (TPSA) is 106 Å². The van der Waals surface area contributed by atoms with E-state index < -0.39 is 20.0 Å². The Morgan fingerprint density at radius 2 is 1.85 bits per heavy atom. The molecule has 8 nitrogen and oxygen atoms in total. The van der Waals surface area contributed by atoms with Crippen LogP contribution in [0.25, 0.3) is 0 Å². The minimum Gasteiger partial charge on any atom is -0.471 e. The first kappa shape index (κ1) is 18.2. The van der Waals surface area contributed by atoms with Crippen molar-refractivity contribution in [3.8, 4) is 5.88 Å². The van der Waals surface area contributed by atoms with Gasteiger partial charge in [0, 0.05) is 12.2 Å². The van der Waals surface area contributed by atoms with E-state index in [4.69, 9.17) is 4.74 Å². The SMILES string of the molecule is C[C@@H]1CN(S(=O)(=O)c2cccc(S(=O)(=O)NC3CC3)c2)c2cccnc2O1. The number of benzene rings is 1. The Hall–Kier alpha value is -2.17. The quantitative estimate of drug-likeness (QED) is 0.802. The highest BCUT2D eigenvalue weighted by molar-refractivity contribution is 7.93. The molecule has 10 heteroatoms. The number of nitrogens with one attached hydrogen (secondary N) is 1. The summed E-state index contributed by atoms with van der Waals surface area (Å²) in [6.07, 6.45) is 2.74. The van der Waals surface area contributed by atoms with Crippen LogP contribution in [0.15, 0.2) is 52.4 Å². The van der Waals surface area contributed by atoms with Crippen molar-refractivity contribution in [3.63, 3.8) is 0 Å². The first-order valence-electron chi connectivity index (χ1n) is 8.54. The molecule has 2 aliphatic rings. The number of anilines is 1. The highest BCUT2D eigenvalue weighted by atomic mass is 32.2. The summed E-state index contributed by atoms with van der Waals surface area (Å²) >= 11 is 0. The molecule has 144 valence electrons. The van der Waals surface area contributed by atoms with Crippen molar-refractivity contribution in [2.24, 2.45) is 0 Å². The van der Waals surface area contributed by atoms with Crippen molar-refractivity contribution in [1.29, 1.82) is 0 Å². The van der Waals surface area contributed by atoms with Crippen molar-refractivity contribution in [3.05, 3.63) is 42.6 Å². The molecule has 1 fully saturated rings. The summed E-state index contributed by atoms with van der Waals surface area (Å²) < 4.78 is 60.7. The van der Waals surface area contributed by atoms with E-state index in [1.165, 1.54) is 34.8 Å². The smallest absolute Gasteiger partial charge is 0.264 e. The molecule has 27 heavy (non-hydrogen) atoms. The molecule has 1 atom stereocenters. The standard InChI is InChI=1S/C17H19N3O5S2/c1-12-11-20(16-6-3-9-18-17(16)25-12)27(23,24)15-5-2-4-14(10-15)26(21,22)19-13-7-8-13/h2-6,9-10,12-13,19H,7-8,11H2,1H3/t12-/m1/s1. The first-order chi connectivity index (χ1) is 12.8. The van der Waals surface area contributed by atoms with Crippen LogP contribution in [-0.4, -0.2) is 40.5 Å². The van der Waals surface area contributed by atoms with Crippen LogP contribution in [0.1, 0.15) is 19.8 Å². The highest BCUT2D eigenvalue weighted by Gasteiger charge is 2.34. The van der Waals surface area contributed by atoms with Crippen LogP contribution in [0.2, 0.25) is 0 Å². The van der Waals surface area contributed by atoms with Crippen molar-refractivity contribution in [1.82, 2.24) is 9.71 Å². The van der Waals surface area contributed by atoms with Crippen LogP contribution in [0.5, 0.6) is 5.88 Å². The van der Waals surface area contributed by atoms with Crippen LogP contribution in [0.4, 0.5) is 5.69 Å². The lowest BCUT2D eigenvalue weighted by Crippen LogP contribution is -2.42. The van der Waals surface area contributed by atoms with Gasteiger partial charge in [0.1, 0.15) is 11.8 Å². The average Bonchev–Trinajstić information content (AvgIpc) is 3.44. The fourth-order valence-corrected chi connectivity index (χ4v) is 5.88. The Morgan fingerprint density at radius 3 is 2.59 bits per heavy atom. The molecule has 2 aromatic rings. The molecule has 2 heterocycles. The van der Waals surface area contributed by atoms with Gasteiger partial charge in [0.25, 0.3) is 10.0 Å². The van der Waals surface area contributed by atoms with Gasteiger partial charge in [-0.25, -0.2) is 26.5 Å². The summed E-state index contributed by atoms with van der Waals surface area (Å²) in [4.78, 5) is 3.93. The van der Waals surface area contributed by atoms with E-state index in [2.05, 4.69) is 9.71 Å². The number of fused-ring (bicyclic) bond motifs is 1. The minimum absolute atomic E-state index is 0.0618. The zero-order chi connectivity index (χ0) is 19.2. The molecule has 1 saturated carbocycles. The summed E-state index contributed by atoms with van der Waals surface area (Å²) in [5, 5.41) is 0. The maximum Gasteiger partial charge on any atom is 0.264 e. The van der Waals surface area contributed by atoms with E-state index in [1.807, 2.05) is 0 Å². The zero-order valence-corrected chi connectivity index (χ0v) is 16.2. The molecule has 0 amide bonds. The molecule has 1 aromatic heterocycles. The van der Waals surface area contributed by atoms with E-state index in [0.717, 1.165) is 12.8 Å². The van der Waals surface area contributed by atoms with Gasteiger partial charge in [-0.05, 0) is 50.1 Å². The van der Waals surface area contributed by atoms with E-state index in [0.29, 0.717) is 5.69 Å². The summed E-state index contributed by atoms with van der Waals surface area (Å²) in [7, 11) is -7.73. The summed E-state index contributed by atoms with van der Waals surface area (Å²) in [6, 6.07) is 8.58. The van der Waals surface area contributed by atoms with E-state index in [1.54, 1.807) is 19.1 Å². The molecule has 4 rings (SSSR count). The number of rotatable bonds is 5. The Balaban J connectivity index is 1.74. The average molecular weight is 409 g/mol. The fourth-order valence-electron chi connectivity index (χ4n) is 2.87. The molecule has 0 spiro atoms. The second kappa shape index (κ2) is 6.47. The maximum absolute atomic E-state index is 13.2. The lowest BCUT2D eigenvalue weighted by molar-refractivity contribution is 0.210. The number of ether oxygens (including phenoxy) is 1. The summed E-state index contributed by atoms with van der Waals surface area (Å²) in [5.74, 6) is 0.235. The zero-order valence-electron chi connectivity index (χ0n) is 14.6. The second-order valence-corrected chi connectivity index (χ2v) is 10.2. The van der Waals surface area contributed by atoms with Crippen LogP contribution in [0.3, 0.4) is 0 Å². The first-order valence-corrected chi connectivity index (χ1v) is 11.5. The largest absolute Gasteiger partial charge is 0.471 e. The number of sulfonamides is 2. The minimum atomic E-state index is -3.98. The Kier molecular flexibility index (Phi) is 4.36. The molecule has 0 saturated heterocycles. The van der Waals surface area contributed by atoms with Gasteiger partial charge in [0.2, 0.25) is 15.9 Å². The van der Waals surface area contributed by atoms with Crippen molar-refractivity contribution in [2.45, 2.75) is 41.7 Å². The van der Waals surface area contributed by atoms with Crippen LogP contribution in [-0.2, 0) is 20.0 Å². The monoisotopic (exact) mass is 409 g/mol. The Bertz CT molecular complexity index is 1080. The third-order valence-electron chi connectivity index (χ3n) is 4.36. The third kappa shape index (κ3) is 3.52. The van der Waals surface area contributed by atoms with E-state index in [-0.39, 0.29) is 34.4 Å². The van der Waals surface area contributed by atoms with Gasteiger partial charge >= 0.3 is 0 Å². The normalized spacial score (nSPS) is 20.0. The number of pyridine rings is 1. The van der Waals surface area contributed by atoms with Crippen LogP contribution < -0.4 is 13.8 Å². The molecule has 1 aliphatic heterocycles. The molecule has 0 radical (unpaired) electrons. The number of hydrogen-bond donors (Lipinski definition) is 1. The predicted molar refractivity (Wildman–Crippen MR) is 98.6 cm³/mol.